The highest BCUT2D eigenvalue weighted by Crippen LogP contribution is 2.38. The van der Waals surface area contributed by atoms with Gasteiger partial charge in [-0.1, -0.05) is 27.4 Å². The number of esters is 1. The van der Waals surface area contributed by atoms with E-state index < -0.39 is 17.4 Å². The van der Waals surface area contributed by atoms with Crippen LogP contribution in [-0.4, -0.2) is 17.4 Å². The van der Waals surface area contributed by atoms with E-state index in [1.165, 1.54) is 0 Å². The van der Waals surface area contributed by atoms with E-state index in [0.717, 1.165) is 12.8 Å². The summed E-state index contributed by atoms with van der Waals surface area (Å²) in [5.41, 5.74) is -0.468. The molecule has 0 N–H and O–H groups in total. The summed E-state index contributed by atoms with van der Waals surface area (Å²) < 4.78 is 5.29. The standard InChI is InChI=1S/C14H24O4/c1-7-13(5,6)16-11(15)14(17-18-14)10-8-9-12(2,3)4/h7H,1,8-10H2,2-6H3. The van der Waals surface area contributed by atoms with E-state index in [9.17, 15) is 4.79 Å². The van der Waals surface area contributed by atoms with Crippen LogP contribution in [0.2, 0.25) is 0 Å². The first-order valence-corrected chi connectivity index (χ1v) is 6.34. The Bertz CT molecular complexity index is 321. The summed E-state index contributed by atoms with van der Waals surface area (Å²) in [4.78, 5) is 21.6. The highest BCUT2D eigenvalue weighted by atomic mass is 17.4. The highest BCUT2D eigenvalue weighted by Gasteiger charge is 2.58. The summed E-state index contributed by atoms with van der Waals surface area (Å²) in [6.07, 6.45) is 3.96. The molecule has 104 valence electrons. The number of carbonyl (C=O) groups excluding carboxylic acids is 1. The van der Waals surface area contributed by atoms with E-state index in [1.54, 1.807) is 19.9 Å². The Hall–Kier alpha value is -0.870. The second-order valence-corrected chi connectivity index (χ2v) is 6.53. The van der Waals surface area contributed by atoms with Crippen LogP contribution in [0, 0.1) is 5.41 Å². The lowest BCUT2D eigenvalue weighted by Crippen LogP contribution is -2.34. The van der Waals surface area contributed by atoms with Gasteiger partial charge in [-0.3, -0.25) is 0 Å². The molecule has 0 bridgehead atoms. The third-order valence-electron chi connectivity index (χ3n) is 2.88. The molecular formula is C14H24O4. The van der Waals surface area contributed by atoms with Gasteiger partial charge < -0.3 is 4.74 Å². The molecule has 1 rings (SSSR count). The first-order chi connectivity index (χ1) is 8.10. The van der Waals surface area contributed by atoms with E-state index in [1.807, 2.05) is 0 Å². The molecule has 0 aromatic heterocycles. The molecule has 0 aromatic rings. The van der Waals surface area contributed by atoms with Crippen LogP contribution in [0.5, 0.6) is 0 Å². The van der Waals surface area contributed by atoms with Crippen molar-refractivity contribution in [3.63, 3.8) is 0 Å². The van der Waals surface area contributed by atoms with Crippen molar-refractivity contribution in [2.24, 2.45) is 5.41 Å². The van der Waals surface area contributed by atoms with Crippen LogP contribution in [0.4, 0.5) is 0 Å². The first kappa shape index (κ1) is 15.2. The highest BCUT2D eigenvalue weighted by molar-refractivity contribution is 5.79. The van der Waals surface area contributed by atoms with Gasteiger partial charge in [0.2, 0.25) is 0 Å². The van der Waals surface area contributed by atoms with Gasteiger partial charge in [0, 0.05) is 6.42 Å². The minimum atomic E-state index is -1.18. The third-order valence-corrected chi connectivity index (χ3v) is 2.88. The molecule has 0 saturated carbocycles. The smallest absolute Gasteiger partial charge is 0.373 e. The normalized spacial score (nSPS) is 18.3. The quantitative estimate of drug-likeness (QED) is 0.316. The monoisotopic (exact) mass is 256 g/mol. The molecule has 1 aliphatic rings. The molecule has 0 aliphatic carbocycles. The molecule has 0 amide bonds. The van der Waals surface area contributed by atoms with Crippen molar-refractivity contribution in [1.29, 1.82) is 0 Å². The Morgan fingerprint density at radius 2 is 1.83 bits per heavy atom. The van der Waals surface area contributed by atoms with Crippen molar-refractivity contribution in [3.05, 3.63) is 12.7 Å². The van der Waals surface area contributed by atoms with Crippen LogP contribution < -0.4 is 0 Å². The van der Waals surface area contributed by atoms with E-state index in [0.29, 0.717) is 6.42 Å². The lowest BCUT2D eigenvalue weighted by Gasteiger charge is -2.22. The van der Waals surface area contributed by atoms with Gasteiger partial charge in [0.1, 0.15) is 5.60 Å². The van der Waals surface area contributed by atoms with Gasteiger partial charge in [-0.2, -0.15) is 9.78 Å². The van der Waals surface area contributed by atoms with Crippen molar-refractivity contribution in [2.45, 2.75) is 65.3 Å². The summed E-state index contributed by atoms with van der Waals surface area (Å²) in [5.74, 6) is -1.65. The number of carbonyl (C=O) groups is 1. The van der Waals surface area contributed by atoms with Crippen molar-refractivity contribution in [1.82, 2.24) is 0 Å². The van der Waals surface area contributed by atoms with E-state index in [4.69, 9.17) is 14.5 Å². The fraction of sp³-hybridized carbons (Fsp3) is 0.786. The Morgan fingerprint density at radius 3 is 2.22 bits per heavy atom. The molecule has 0 atom stereocenters. The second-order valence-electron chi connectivity index (χ2n) is 6.53. The van der Waals surface area contributed by atoms with E-state index in [2.05, 4.69) is 27.4 Å². The summed E-state index contributed by atoms with van der Waals surface area (Å²) in [6.45, 7) is 13.6. The van der Waals surface area contributed by atoms with Gasteiger partial charge in [0.25, 0.3) is 0 Å². The summed E-state index contributed by atoms with van der Waals surface area (Å²) in [7, 11) is 0. The lowest BCUT2D eigenvalue weighted by atomic mass is 9.89. The molecule has 1 saturated heterocycles. The molecule has 4 heteroatoms. The second kappa shape index (κ2) is 5.02. The fourth-order valence-corrected chi connectivity index (χ4v) is 1.51. The zero-order valence-corrected chi connectivity index (χ0v) is 12.0. The van der Waals surface area contributed by atoms with Crippen LogP contribution in [0.3, 0.4) is 0 Å². The minimum Gasteiger partial charge on any atom is -0.451 e. The third kappa shape index (κ3) is 4.42. The average molecular weight is 256 g/mol. The maximum atomic E-state index is 11.9. The first-order valence-electron chi connectivity index (χ1n) is 6.34. The van der Waals surface area contributed by atoms with Gasteiger partial charge in [-0.25, -0.2) is 4.79 Å². The van der Waals surface area contributed by atoms with Crippen LogP contribution >= 0.6 is 0 Å². The number of hydrogen-bond donors (Lipinski definition) is 0. The van der Waals surface area contributed by atoms with Gasteiger partial charge in [0.15, 0.2) is 0 Å². The van der Waals surface area contributed by atoms with Gasteiger partial charge >= 0.3 is 11.8 Å². The van der Waals surface area contributed by atoms with Crippen molar-refractivity contribution < 1.29 is 19.3 Å². The van der Waals surface area contributed by atoms with Crippen molar-refractivity contribution in [2.75, 3.05) is 0 Å². The average Bonchev–Trinajstić information content (AvgIpc) is 2.96. The molecule has 1 heterocycles. The minimum absolute atomic E-state index is 0.236. The fourth-order valence-electron chi connectivity index (χ4n) is 1.51. The molecular weight excluding hydrogens is 232 g/mol. The van der Waals surface area contributed by atoms with Gasteiger partial charge in [-0.15, -0.1) is 0 Å². The Kier molecular flexibility index (Phi) is 4.23. The zero-order valence-electron chi connectivity index (χ0n) is 12.0. The topological polar surface area (TPSA) is 51.4 Å². The molecule has 0 aromatic carbocycles. The summed E-state index contributed by atoms with van der Waals surface area (Å²) in [5, 5.41) is 0. The maximum Gasteiger partial charge on any atom is 0.373 e. The Labute approximate surface area is 109 Å². The van der Waals surface area contributed by atoms with E-state index in [-0.39, 0.29) is 5.41 Å². The predicted octanol–water partition coefficient (Wildman–Crippen LogP) is 3.37. The van der Waals surface area contributed by atoms with Crippen molar-refractivity contribution >= 4 is 5.97 Å². The predicted molar refractivity (Wildman–Crippen MR) is 68.6 cm³/mol. The van der Waals surface area contributed by atoms with Crippen LogP contribution in [0.1, 0.15) is 53.9 Å². The summed E-state index contributed by atoms with van der Waals surface area (Å²) in [6, 6.07) is 0. The molecule has 0 unspecified atom stereocenters. The molecule has 0 radical (unpaired) electrons. The molecule has 1 aliphatic heterocycles. The number of hydrogen-bond acceptors (Lipinski definition) is 4. The van der Waals surface area contributed by atoms with Crippen LogP contribution in [0.25, 0.3) is 0 Å². The van der Waals surface area contributed by atoms with Gasteiger partial charge in [0.05, 0.1) is 0 Å². The SMILES string of the molecule is C=CC(C)(C)OC(=O)C1(CCCC(C)(C)C)OO1. The lowest BCUT2D eigenvalue weighted by molar-refractivity contribution is -0.160. The number of rotatable bonds is 6. The number of ether oxygens (including phenoxy) is 1. The Morgan fingerprint density at radius 1 is 1.28 bits per heavy atom. The van der Waals surface area contributed by atoms with E-state index >= 15 is 0 Å². The van der Waals surface area contributed by atoms with Gasteiger partial charge in [-0.05, 0) is 38.2 Å². The summed E-state index contributed by atoms with van der Waals surface area (Å²) >= 11 is 0. The largest absolute Gasteiger partial charge is 0.451 e. The molecule has 18 heavy (non-hydrogen) atoms. The van der Waals surface area contributed by atoms with Crippen LogP contribution in [-0.2, 0) is 19.3 Å². The molecule has 4 nitrogen and oxygen atoms in total. The zero-order chi connectivity index (χ0) is 14.0. The molecule has 0 spiro atoms. The van der Waals surface area contributed by atoms with Crippen molar-refractivity contribution in [3.8, 4) is 0 Å². The maximum absolute atomic E-state index is 11.9. The molecule has 1 fully saturated rings. The van der Waals surface area contributed by atoms with Crippen LogP contribution in [0.15, 0.2) is 12.7 Å². The Balaban J connectivity index is 2.45.